The Morgan fingerprint density at radius 3 is 2.44 bits per heavy atom. The molecule has 0 radical (unpaired) electrons. The molecule has 2 bridgehead atoms. The number of likely N-dealkylation sites (tertiary alicyclic amines) is 1. The van der Waals surface area contributed by atoms with Crippen molar-refractivity contribution in [1.82, 2.24) is 9.80 Å². The molecule has 3 aliphatic rings. The van der Waals surface area contributed by atoms with E-state index in [4.69, 9.17) is 4.74 Å². The minimum atomic E-state index is -1.17. The van der Waals surface area contributed by atoms with Crippen LogP contribution in [0.25, 0.3) is 0 Å². The lowest BCUT2D eigenvalue weighted by Crippen LogP contribution is -2.60. The van der Waals surface area contributed by atoms with Crippen LogP contribution in [0.15, 0.2) is 43.5 Å². The molecule has 6 atom stereocenters. The number of benzene rings is 1. The monoisotopic (exact) mass is 537 g/mol. The Hall–Kier alpha value is -2.97. The Balaban J connectivity index is 1.89. The lowest BCUT2D eigenvalue weighted by Gasteiger charge is -2.41. The second-order valence-electron chi connectivity index (χ2n) is 12.0. The molecule has 0 aromatic heterocycles. The van der Waals surface area contributed by atoms with Crippen LogP contribution < -0.4 is 4.90 Å². The number of aryl methyl sites for hydroxylation is 2. The number of ether oxygens (including phenoxy) is 1. The average molecular weight is 538 g/mol. The largest absolute Gasteiger partial charge is 0.394 e. The zero-order valence-corrected chi connectivity index (χ0v) is 24.1. The first-order valence-corrected chi connectivity index (χ1v) is 13.9. The van der Waals surface area contributed by atoms with Gasteiger partial charge >= 0.3 is 0 Å². The van der Waals surface area contributed by atoms with E-state index in [1.165, 1.54) is 0 Å². The lowest BCUT2D eigenvalue weighted by atomic mass is 9.66. The van der Waals surface area contributed by atoms with Crippen LogP contribution in [-0.4, -0.2) is 82.7 Å². The second kappa shape index (κ2) is 10.5. The number of aliphatic hydroxyl groups excluding tert-OH is 1. The molecular weight excluding hydrogens is 494 g/mol. The Labute approximate surface area is 232 Å². The highest BCUT2D eigenvalue weighted by Gasteiger charge is 2.79. The molecular formula is C31H43N3O5. The quantitative estimate of drug-likeness (QED) is 0.463. The van der Waals surface area contributed by atoms with E-state index in [0.29, 0.717) is 19.4 Å². The van der Waals surface area contributed by atoms with Crippen molar-refractivity contribution in [2.45, 2.75) is 70.7 Å². The third-order valence-electron chi connectivity index (χ3n) is 9.04. The molecule has 0 aliphatic carbocycles. The summed E-state index contributed by atoms with van der Waals surface area (Å²) in [5.41, 5.74) is 0.634. The Morgan fingerprint density at radius 2 is 1.85 bits per heavy atom. The van der Waals surface area contributed by atoms with E-state index in [1.54, 1.807) is 33.9 Å². The van der Waals surface area contributed by atoms with Gasteiger partial charge in [-0.15, -0.1) is 13.2 Å². The zero-order chi connectivity index (χ0) is 28.9. The number of carbonyl (C=O) groups excluding carboxylic acids is 3. The standard InChI is InChI=1S/C31H43N3O5/c1-9-15-32(8)27(36)24-25-28(37)34(23(18-35)19(3)4)26(31(25)14-13-30(24,7)39-31)29(38)33(16-10-2)22-17-20(5)11-12-21(22)6/h9-12,17,19,23-26,35H,1-2,13-16,18H2,3-8H3/t23-,24+,25-,26?,30-,31?/m0/s1. The van der Waals surface area contributed by atoms with Crippen LogP contribution in [0.2, 0.25) is 0 Å². The molecule has 3 fully saturated rings. The summed E-state index contributed by atoms with van der Waals surface area (Å²) in [7, 11) is 1.70. The van der Waals surface area contributed by atoms with Crippen molar-refractivity contribution < 1.29 is 24.2 Å². The fourth-order valence-corrected chi connectivity index (χ4v) is 7.11. The minimum Gasteiger partial charge on any atom is -0.394 e. The van der Waals surface area contributed by atoms with Crippen molar-refractivity contribution in [3.63, 3.8) is 0 Å². The van der Waals surface area contributed by atoms with Crippen molar-refractivity contribution in [2.75, 3.05) is 31.6 Å². The predicted octanol–water partition coefficient (Wildman–Crippen LogP) is 3.25. The van der Waals surface area contributed by atoms with Gasteiger partial charge in [0.2, 0.25) is 11.8 Å². The summed E-state index contributed by atoms with van der Waals surface area (Å²) in [6.45, 7) is 17.6. The minimum absolute atomic E-state index is 0.122. The molecule has 8 heteroatoms. The van der Waals surface area contributed by atoms with Crippen LogP contribution in [0.1, 0.15) is 44.7 Å². The fraction of sp³-hybridized carbons (Fsp3) is 0.581. The molecule has 0 saturated carbocycles. The molecule has 2 unspecified atom stereocenters. The maximum Gasteiger partial charge on any atom is 0.253 e. The number of likely N-dealkylation sites (N-methyl/N-ethyl adjacent to an activating group) is 1. The van der Waals surface area contributed by atoms with Crippen molar-refractivity contribution in [3.05, 3.63) is 54.6 Å². The Morgan fingerprint density at radius 1 is 1.18 bits per heavy atom. The smallest absolute Gasteiger partial charge is 0.253 e. The summed E-state index contributed by atoms with van der Waals surface area (Å²) in [4.78, 5) is 47.7. The molecule has 1 spiro atoms. The summed E-state index contributed by atoms with van der Waals surface area (Å²) < 4.78 is 6.77. The first-order chi connectivity index (χ1) is 18.4. The number of hydrogen-bond acceptors (Lipinski definition) is 5. The van der Waals surface area contributed by atoms with E-state index in [9.17, 15) is 19.5 Å². The highest BCUT2D eigenvalue weighted by atomic mass is 16.5. The molecule has 3 aliphatic heterocycles. The van der Waals surface area contributed by atoms with Gasteiger partial charge < -0.3 is 24.5 Å². The molecule has 1 N–H and O–H groups in total. The normalized spacial score (nSPS) is 29.9. The molecule has 3 heterocycles. The van der Waals surface area contributed by atoms with Gasteiger partial charge in [0.25, 0.3) is 5.91 Å². The first kappa shape index (κ1) is 29.0. The van der Waals surface area contributed by atoms with Gasteiger partial charge in [0.05, 0.1) is 30.1 Å². The second-order valence-corrected chi connectivity index (χ2v) is 12.0. The third kappa shape index (κ3) is 4.42. The highest BCUT2D eigenvalue weighted by Crippen LogP contribution is 2.64. The Bertz CT molecular complexity index is 1180. The Kier molecular flexibility index (Phi) is 7.85. The SMILES string of the molecule is C=CCN(C)C(=O)[C@H]1[C@H]2C(=O)N([C@@H](CO)C(C)C)C(C(=O)N(CC=C)c3cc(C)ccc3C)C23CC[C@]1(C)O3. The molecule has 8 nitrogen and oxygen atoms in total. The average Bonchev–Trinajstić information content (AvgIpc) is 3.45. The van der Waals surface area contributed by atoms with Crippen molar-refractivity contribution in [3.8, 4) is 0 Å². The topological polar surface area (TPSA) is 90.4 Å². The van der Waals surface area contributed by atoms with Gasteiger partial charge in [-0.25, -0.2) is 0 Å². The number of anilines is 1. The molecule has 3 amide bonds. The summed E-state index contributed by atoms with van der Waals surface area (Å²) in [5, 5.41) is 10.5. The van der Waals surface area contributed by atoms with Gasteiger partial charge in [0, 0.05) is 25.8 Å². The molecule has 1 aromatic rings. The van der Waals surface area contributed by atoms with Gasteiger partial charge in [0.1, 0.15) is 11.6 Å². The van der Waals surface area contributed by atoms with Crippen LogP contribution >= 0.6 is 0 Å². The van der Waals surface area contributed by atoms with E-state index in [-0.39, 0.29) is 36.8 Å². The van der Waals surface area contributed by atoms with Crippen LogP contribution in [0.5, 0.6) is 0 Å². The number of rotatable bonds is 10. The lowest BCUT2D eigenvalue weighted by molar-refractivity contribution is -0.152. The van der Waals surface area contributed by atoms with Gasteiger partial charge in [-0.05, 0) is 56.7 Å². The number of aliphatic hydroxyl groups is 1. The van der Waals surface area contributed by atoms with Gasteiger partial charge in [0.15, 0.2) is 0 Å². The van der Waals surface area contributed by atoms with Crippen molar-refractivity contribution in [1.29, 1.82) is 0 Å². The summed E-state index contributed by atoms with van der Waals surface area (Å²) in [5.74, 6) is -2.44. The number of nitrogens with zero attached hydrogens (tertiary/aromatic N) is 3. The molecule has 1 aromatic carbocycles. The van der Waals surface area contributed by atoms with E-state index >= 15 is 0 Å². The molecule has 212 valence electrons. The van der Waals surface area contributed by atoms with Crippen LogP contribution in [0, 0.1) is 31.6 Å². The first-order valence-electron chi connectivity index (χ1n) is 13.9. The molecule has 39 heavy (non-hydrogen) atoms. The van der Waals surface area contributed by atoms with Gasteiger partial charge in [-0.1, -0.05) is 38.1 Å². The van der Waals surface area contributed by atoms with Crippen LogP contribution in [-0.2, 0) is 19.1 Å². The fourth-order valence-electron chi connectivity index (χ4n) is 7.11. The van der Waals surface area contributed by atoms with E-state index in [1.807, 2.05) is 52.8 Å². The highest BCUT2D eigenvalue weighted by molar-refractivity contribution is 6.05. The van der Waals surface area contributed by atoms with E-state index in [2.05, 4.69) is 13.2 Å². The predicted molar refractivity (Wildman–Crippen MR) is 151 cm³/mol. The third-order valence-corrected chi connectivity index (χ3v) is 9.04. The molecule has 3 saturated heterocycles. The number of carbonyl (C=O) groups is 3. The van der Waals surface area contributed by atoms with Crippen LogP contribution in [0.4, 0.5) is 5.69 Å². The van der Waals surface area contributed by atoms with Crippen molar-refractivity contribution in [2.24, 2.45) is 17.8 Å². The summed E-state index contributed by atoms with van der Waals surface area (Å²) in [6.07, 6.45) is 4.36. The van der Waals surface area contributed by atoms with Gasteiger partial charge in [-0.3, -0.25) is 14.4 Å². The number of hydrogen-bond donors (Lipinski definition) is 1. The van der Waals surface area contributed by atoms with E-state index < -0.39 is 35.1 Å². The van der Waals surface area contributed by atoms with E-state index in [0.717, 1.165) is 16.8 Å². The molecule has 4 rings (SSSR count). The zero-order valence-electron chi connectivity index (χ0n) is 24.1. The number of amides is 3. The maximum atomic E-state index is 14.8. The summed E-state index contributed by atoms with van der Waals surface area (Å²) >= 11 is 0. The summed E-state index contributed by atoms with van der Waals surface area (Å²) in [6, 6.07) is 4.34. The maximum absolute atomic E-state index is 14.8. The van der Waals surface area contributed by atoms with Crippen molar-refractivity contribution >= 4 is 23.4 Å². The van der Waals surface area contributed by atoms with Gasteiger partial charge in [-0.2, -0.15) is 0 Å². The number of fused-ring (bicyclic) bond motifs is 1. The van der Waals surface area contributed by atoms with Crippen LogP contribution in [0.3, 0.4) is 0 Å².